The van der Waals surface area contributed by atoms with E-state index in [4.69, 9.17) is 4.74 Å². The fourth-order valence-electron chi connectivity index (χ4n) is 2.22. The second kappa shape index (κ2) is 7.50. The average molecular weight is 298 g/mol. The van der Waals surface area contributed by atoms with Crippen LogP contribution in [0.5, 0.6) is 5.75 Å². The van der Waals surface area contributed by atoms with Gasteiger partial charge in [0.15, 0.2) is 0 Å². The maximum Gasteiger partial charge on any atom is 0.317 e. The summed E-state index contributed by atoms with van der Waals surface area (Å²) in [5, 5.41) is 2.93. The summed E-state index contributed by atoms with van der Waals surface area (Å²) in [6.45, 7) is 2.49. The van der Waals surface area contributed by atoms with Crippen LogP contribution in [-0.4, -0.2) is 25.1 Å². The maximum absolute atomic E-state index is 12.3. The molecule has 0 radical (unpaired) electrons. The van der Waals surface area contributed by atoms with Gasteiger partial charge in [-0.05, 0) is 30.2 Å². The van der Waals surface area contributed by atoms with Crippen LogP contribution in [0.3, 0.4) is 0 Å². The predicted octanol–water partition coefficient (Wildman–Crippen LogP) is 3.60. The van der Waals surface area contributed by atoms with Crippen LogP contribution < -0.4 is 10.1 Å². The molecule has 0 fully saturated rings. The van der Waals surface area contributed by atoms with E-state index in [2.05, 4.69) is 5.32 Å². The lowest BCUT2D eigenvalue weighted by Gasteiger charge is -2.25. The van der Waals surface area contributed by atoms with Gasteiger partial charge >= 0.3 is 6.03 Å². The largest absolute Gasteiger partial charge is 0.497 e. The molecule has 22 heavy (non-hydrogen) atoms. The summed E-state index contributed by atoms with van der Waals surface area (Å²) >= 11 is 0. The molecular formula is C18H22N2O2. The second-order valence-corrected chi connectivity index (χ2v) is 5.21. The number of methoxy groups -OCH3 is 1. The van der Waals surface area contributed by atoms with Gasteiger partial charge in [0.25, 0.3) is 0 Å². The highest BCUT2D eigenvalue weighted by Gasteiger charge is 2.16. The topological polar surface area (TPSA) is 41.6 Å². The summed E-state index contributed by atoms with van der Waals surface area (Å²) in [4.78, 5) is 14.0. The van der Waals surface area contributed by atoms with Crippen molar-refractivity contribution < 1.29 is 9.53 Å². The average Bonchev–Trinajstić information content (AvgIpc) is 2.59. The fourth-order valence-corrected chi connectivity index (χ4v) is 2.22. The van der Waals surface area contributed by atoms with Gasteiger partial charge < -0.3 is 15.0 Å². The van der Waals surface area contributed by atoms with Crippen molar-refractivity contribution >= 4 is 6.03 Å². The molecule has 0 spiro atoms. The zero-order valence-electron chi connectivity index (χ0n) is 13.2. The Morgan fingerprint density at radius 3 is 2.59 bits per heavy atom. The number of urea groups is 1. The quantitative estimate of drug-likeness (QED) is 0.916. The minimum Gasteiger partial charge on any atom is -0.497 e. The number of benzene rings is 2. The van der Waals surface area contributed by atoms with Crippen LogP contribution in [0.25, 0.3) is 0 Å². The van der Waals surface area contributed by atoms with Gasteiger partial charge in [0, 0.05) is 13.6 Å². The number of carbonyl (C=O) groups excluding carboxylic acids is 1. The monoisotopic (exact) mass is 298 g/mol. The lowest BCUT2D eigenvalue weighted by atomic mass is 10.1. The third-order valence-corrected chi connectivity index (χ3v) is 3.76. The summed E-state index contributed by atoms with van der Waals surface area (Å²) in [5.74, 6) is 0.790. The first-order valence-corrected chi connectivity index (χ1v) is 7.30. The number of hydrogen-bond donors (Lipinski definition) is 1. The highest BCUT2D eigenvalue weighted by molar-refractivity contribution is 5.74. The first-order valence-electron chi connectivity index (χ1n) is 7.30. The minimum atomic E-state index is -0.0980. The molecule has 116 valence electrons. The first-order chi connectivity index (χ1) is 10.6. The molecule has 0 aromatic heterocycles. The summed E-state index contributed by atoms with van der Waals surface area (Å²) in [7, 11) is 3.44. The van der Waals surface area contributed by atoms with Crippen molar-refractivity contribution in [1.29, 1.82) is 0 Å². The zero-order chi connectivity index (χ0) is 15.9. The van der Waals surface area contributed by atoms with E-state index in [0.29, 0.717) is 6.54 Å². The van der Waals surface area contributed by atoms with Crippen molar-refractivity contribution in [2.24, 2.45) is 0 Å². The van der Waals surface area contributed by atoms with E-state index in [9.17, 15) is 4.79 Å². The number of rotatable bonds is 5. The van der Waals surface area contributed by atoms with Crippen molar-refractivity contribution in [1.82, 2.24) is 10.2 Å². The van der Waals surface area contributed by atoms with E-state index in [1.54, 1.807) is 19.1 Å². The maximum atomic E-state index is 12.3. The molecule has 0 unspecified atom stereocenters. The zero-order valence-corrected chi connectivity index (χ0v) is 13.2. The molecule has 0 aliphatic carbocycles. The van der Waals surface area contributed by atoms with E-state index < -0.39 is 0 Å². The number of hydrogen-bond acceptors (Lipinski definition) is 2. The summed E-state index contributed by atoms with van der Waals surface area (Å²) < 4.78 is 5.18. The Bertz CT molecular complexity index is 613. The molecule has 0 saturated heterocycles. The molecule has 4 heteroatoms. The van der Waals surface area contributed by atoms with Crippen LogP contribution in [0, 0.1) is 0 Å². The van der Waals surface area contributed by atoms with Crippen LogP contribution in [-0.2, 0) is 6.54 Å². The lowest BCUT2D eigenvalue weighted by molar-refractivity contribution is 0.194. The minimum absolute atomic E-state index is 0.0199. The number of nitrogens with zero attached hydrogens (tertiary/aromatic N) is 1. The molecule has 0 aliphatic heterocycles. The van der Waals surface area contributed by atoms with Crippen molar-refractivity contribution in [2.75, 3.05) is 14.2 Å². The Kier molecular flexibility index (Phi) is 5.42. The van der Waals surface area contributed by atoms with Gasteiger partial charge in [-0.1, -0.05) is 42.5 Å². The Morgan fingerprint density at radius 2 is 1.91 bits per heavy atom. The smallest absolute Gasteiger partial charge is 0.317 e. The van der Waals surface area contributed by atoms with E-state index in [1.165, 1.54) is 0 Å². The van der Waals surface area contributed by atoms with E-state index in [0.717, 1.165) is 16.9 Å². The van der Waals surface area contributed by atoms with Crippen LogP contribution in [0.2, 0.25) is 0 Å². The van der Waals surface area contributed by atoms with Gasteiger partial charge in [0.05, 0.1) is 13.2 Å². The Labute approximate surface area is 131 Å². The van der Waals surface area contributed by atoms with Gasteiger partial charge in [-0.3, -0.25) is 0 Å². The van der Waals surface area contributed by atoms with Gasteiger partial charge in [-0.2, -0.15) is 0 Å². The first kappa shape index (κ1) is 15.9. The van der Waals surface area contributed by atoms with Crippen molar-refractivity contribution in [3.05, 3.63) is 65.7 Å². The number of ether oxygens (including phenoxy) is 1. The molecule has 0 heterocycles. The van der Waals surface area contributed by atoms with Gasteiger partial charge in [-0.15, -0.1) is 0 Å². The summed E-state index contributed by atoms with van der Waals surface area (Å²) in [6, 6.07) is 17.6. The summed E-state index contributed by atoms with van der Waals surface area (Å²) in [6.07, 6.45) is 0. The molecule has 0 aliphatic rings. The van der Waals surface area contributed by atoms with Crippen molar-refractivity contribution in [3.8, 4) is 5.75 Å². The Morgan fingerprint density at radius 1 is 1.18 bits per heavy atom. The molecule has 2 rings (SSSR count). The van der Waals surface area contributed by atoms with Crippen LogP contribution in [0.1, 0.15) is 24.1 Å². The number of carbonyl (C=O) groups is 1. The van der Waals surface area contributed by atoms with Crippen LogP contribution >= 0.6 is 0 Å². The summed E-state index contributed by atoms with van der Waals surface area (Å²) in [5.41, 5.74) is 2.12. The van der Waals surface area contributed by atoms with Gasteiger partial charge in [-0.25, -0.2) is 4.79 Å². The van der Waals surface area contributed by atoms with E-state index in [-0.39, 0.29) is 12.1 Å². The SMILES string of the molecule is COc1cccc(CNC(=O)N(C)[C@@H](C)c2ccccc2)c1. The van der Waals surface area contributed by atoms with E-state index in [1.807, 2.05) is 61.5 Å². The Balaban J connectivity index is 1.93. The molecule has 2 aromatic carbocycles. The Hall–Kier alpha value is -2.49. The lowest BCUT2D eigenvalue weighted by Crippen LogP contribution is -2.38. The van der Waals surface area contributed by atoms with Gasteiger partial charge in [0.2, 0.25) is 0 Å². The highest BCUT2D eigenvalue weighted by Crippen LogP contribution is 2.18. The molecule has 1 atom stereocenters. The molecule has 2 amide bonds. The standard InChI is InChI=1S/C18H22N2O2/c1-14(16-9-5-4-6-10-16)20(2)18(21)19-13-15-8-7-11-17(12-15)22-3/h4-12,14H,13H2,1-3H3,(H,19,21)/t14-/m0/s1. The molecule has 2 aromatic rings. The van der Waals surface area contributed by atoms with E-state index >= 15 is 0 Å². The normalized spacial score (nSPS) is 11.6. The molecular weight excluding hydrogens is 276 g/mol. The fraction of sp³-hybridized carbons (Fsp3) is 0.278. The predicted molar refractivity (Wildman–Crippen MR) is 87.8 cm³/mol. The van der Waals surface area contributed by atoms with Crippen LogP contribution in [0.4, 0.5) is 4.79 Å². The van der Waals surface area contributed by atoms with Crippen LogP contribution in [0.15, 0.2) is 54.6 Å². The van der Waals surface area contributed by atoms with Gasteiger partial charge in [0.1, 0.15) is 5.75 Å². The number of nitrogens with one attached hydrogen (secondary N) is 1. The second-order valence-electron chi connectivity index (χ2n) is 5.21. The molecule has 1 N–H and O–H groups in total. The van der Waals surface area contributed by atoms with Crippen molar-refractivity contribution in [3.63, 3.8) is 0 Å². The molecule has 0 saturated carbocycles. The molecule has 4 nitrogen and oxygen atoms in total. The third kappa shape index (κ3) is 4.01. The third-order valence-electron chi connectivity index (χ3n) is 3.76. The van der Waals surface area contributed by atoms with Crippen molar-refractivity contribution in [2.45, 2.75) is 19.5 Å². The highest BCUT2D eigenvalue weighted by atomic mass is 16.5. The number of amides is 2. The molecule has 0 bridgehead atoms.